The highest BCUT2D eigenvalue weighted by Gasteiger charge is 2.44. The van der Waals surface area contributed by atoms with Crippen molar-refractivity contribution in [1.82, 2.24) is 24.8 Å². The van der Waals surface area contributed by atoms with Crippen LogP contribution in [0.3, 0.4) is 0 Å². The normalized spacial score (nSPS) is 21.7. The highest BCUT2D eigenvalue weighted by molar-refractivity contribution is 7.80. The van der Waals surface area contributed by atoms with E-state index in [4.69, 9.17) is 17.2 Å². The summed E-state index contributed by atoms with van der Waals surface area (Å²) in [5, 5.41) is 4.52. The Bertz CT molecular complexity index is 1070. The van der Waals surface area contributed by atoms with Crippen LogP contribution in [0.1, 0.15) is 72.4 Å². The summed E-state index contributed by atoms with van der Waals surface area (Å²) in [6.07, 6.45) is 12.0. The van der Waals surface area contributed by atoms with E-state index in [0.29, 0.717) is 6.04 Å². The fraction of sp³-hybridized carbons (Fsp3) is 0.423. The molecule has 3 aromatic heterocycles. The van der Waals surface area contributed by atoms with Crippen LogP contribution in [0, 0.1) is 13.8 Å². The van der Waals surface area contributed by atoms with E-state index in [1.807, 2.05) is 30.7 Å². The number of rotatable bonds is 5. The number of aromatic nitrogens is 3. The van der Waals surface area contributed by atoms with Gasteiger partial charge in [0.2, 0.25) is 0 Å². The summed E-state index contributed by atoms with van der Waals surface area (Å²) in [5.74, 6) is 0. The first-order valence-electron chi connectivity index (χ1n) is 11.7. The standard InChI is InChI=1S/C26H31N5S/c1-18-15-22(19(2)30(18)17-20-9-8-13-27-16-20)25-24(23-12-6-7-14-28-23)29-26(32)31(25)21-10-4-3-5-11-21/h6-9,12-16,21,24-25H,3-5,10-11,17H2,1-2H3,(H,29,32). The molecule has 2 atom stereocenters. The van der Waals surface area contributed by atoms with Crippen LogP contribution in [0.2, 0.25) is 0 Å². The Morgan fingerprint density at radius 2 is 1.91 bits per heavy atom. The van der Waals surface area contributed by atoms with Crippen LogP contribution in [0.25, 0.3) is 0 Å². The van der Waals surface area contributed by atoms with Gasteiger partial charge in [-0.2, -0.15) is 0 Å². The van der Waals surface area contributed by atoms with Crippen LogP contribution in [0.5, 0.6) is 0 Å². The SMILES string of the molecule is Cc1cc(C2C(c3ccccn3)NC(=S)N2C2CCCCC2)c(C)n1Cc1cccnc1. The minimum absolute atomic E-state index is 0.0537. The molecule has 1 saturated heterocycles. The molecule has 0 aromatic carbocycles. The molecule has 0 spiro atoms. The fourth-order valence-electron chi connectivity index (χ4n) is 5.50. The molecule has 5 nitrogen and oxygen atoms in total. The lowest BCUT2D eigenvalue weighted by Gasteiger charge is -2.37. The number of aryl methyl sites for hydroxylation is 1. The zero-order valence-electron chi connectivity index (χ0n) is 18.9. The molecule has 0 bridgehead atoms. The van der Waals surface area contributed by atoms with Crippen LogP contribution >= 0.6 is 12.2 Å². The summed E-state index contributed by atoms with van der Waals surface area (Å²) in [7, 11) is 0. The molecule has 2 unspecified atom stereocenters. The molecular formula is C26H31N5S. The zero-order valence-corrected chi connectivity index (χ0v) is 19.7. The largest absolute Gasteiger partial charge is 0.352 e. The molecule has 4 heterocycles. The van der Waals surface area contributed by atoms with Gasteiger partial charge in [0.05, 0.1) is 17.8 Å². The van der Waals surface area contributed by atoms with E-state index in [9.17, 15) is 0 Å². The minimum atomic E-state index is 0.0537. The first-order valence-corrected chi connectivity index (χ1v) is 12.1. The second kappa shape index (κ2) is 9.02. The summed E-state index contributed by atoms with van der Waals surface area (Å²) in [6.45, 7) is 5.27. The van der Waals surface area contributed by atoms with Crippen LogP contribution in [0.15, 0.2) is 55.0 Å². The average Bonchev–Trinajstić information content (AvgIpc) is 3.32. The van der Waals surface area contributed by atoms with Gasteiger partial charge in [-0.15, -0.1) is 0 Å². The predicted octanol–water partition coefficient (Wildman–Crippen LogP) is 5.25. The maximum Gasteiger partial charge on any atom is 0.170 e. The van der Waals surface area contributed by atoms with E-state index in [1.165, 1.54) is 54.6 Å². The van der Waals surface area contributed by atoms with Crippen molar-refractivity contribution in [2.24, 2.45) is 0 Å². The van der Waals surface area contributed by atoms with Crippen molar-refractivity contribution >= 4 is 17.3 Å². The molecule has 2 aliphatic rings. The van der Waals surface area contributed by atoms with E-state index in [1.54, 1.807) is 0 Å². The Labute approximate surface area is 195 Å². The number of thiocarbonyl (C=S) groups is 1. The van der Waals surface area contributed by atoms with Crippen LogP contribution < -0.4 is 5.32 Å². The van der Waals surface area contributed by atoms with Gasteiger partial charge in [-0.25, -0.2) is 0 Å². The van der Waals surface area contributed by atoms with E-state index >= 15 is 0 Å². The Morgan fingerprint density at radius 1 is 1.06 bits per heavy atom. The molecule has 32 heavy (non-hydrogen) atoms. The quantitative estimate of drug-likeness (QED) is 0.544. The molecule has 166 valence electrons. The molecule has 6 heteroatoms. The molecule has 3 aromatic rings. The van der Waals surface area contributed by atoms with Crippen LogP contribution in [-0.4, -0.2) is 30.6 Å². The summed E-state index contributed by atoms with van der Waals surface area (Å²) < 4.78 is 2.41. The van der Waals surface area contributed by atoms with Crippen LogP contribution in [-0.2, 0) is 6.54 Å². The predicted molar refractivity (Wildman–Crippen MR) is 131 cm³/mol. The van der Waals surface area contributed by atoms with Gasteiger partial charge < -0.3 is 14.8 Å². The molecule has 1 N–H and O–H groups in total. The van der Waals surface area contributed by atoms with Gasteiger partial charge in [0, 0.05) is 42.6 Å². The molecule has 0 amide bonds. The number of nitrogens with one attached hydrogen (secondary N) is 1. The monoisotopic (exact) mass is 445 g/mol. The molecule has 1 saturated carbocycles. The third kappa shape index (κ3) is 3.92. The maximum absolute atomic E-state index is 5.94. The number of pyridine rings is 2. The smallest absolute Gasteiger partial charge is 0.170 e. The highest BCUT2D eigenvalue weighted by atomic mass is 32.1. The van der Waals surface area contributed by atoms with E-state index in [2.05, 4.69) is 57.9 Å². The lowest BCUT2D eigenvalue weighted by Crippen LogP contribution is -2.40. The average molecular weight is 446 g/mol. The van der Waals surface area contributed by atoms with Crippen molar-refractivity contribution in [2.45, 2.75) is 70.6 Å². The third-order valence-electron chi connectivity index (χ3n) is 7.10. The Balaban J connectivity index is 1.56. The molecule has 1 aliphatic carbocycles. The van der Waals surface area contributed by atoms with E-state index in [-0.39, 0.29) is 12.1 Å². The van der Waals surface area contributed by atoms with Gasteiger partial charge in [-0.1, -0.05) is 31.4 Å². The first kappa shape index (κ1) is 21.1. The minimum Gasteiger partial charge on any atom is -0.352 e. The van der Waals surface area contributed by atoms with Crippen molar-refractivity contribution in [1.29, 1.82) is 0 Å². The van der Waals surface area contributed by atoms with Crippen molar-refractivity contribution in [3.8, 4) is 0 Å². The Morgan fingerprint density at radius 3 is 2.62 bits per heavy atom. The Hall–Kier alpha value is -2.73. The summed E-state index contributed by atoms with van der Waals surface area (Å²) in [6, 6.07) is 13.4. The summed E-state index contributed by atoms with van der Waals surface area (Å²) >= 11 is 5.94. The van der Waals surface area contributed by atoms with E-state index < -0.39 is 0 Å². The second-order valence-corrected chi connectivity index (χ2v) is 9.49. The molecule has 0 radical (unpaired) electrons. The lowest BCUT2D eigenvalue weighted by atomic mass is 9.90. The summed E-state index contributed by atoms with van der Waals surface area (Å²) in [4.78, 5) is 11.5. The third-order valence-corrected chi connectivity index (χ3v) is 7.43. The van der Waals surface area contributed by atoms with Crippen LogP contribution in [0.4, 0.5) is 0 Å². The number of nitrogens with zero attached hydrogens (tertiary/aromatic N) is 4. The van der Waals surface area contributed by atoms with E-state index in [0.717, 1.165) is 17.4 Å². The van der Waals surface area contributed by atoms with Crippen molar-refractivity contribution in [3.05, 3.63) is 83.2 Å². The molecule has 2 fully saturated rings. The van der Waals surface area contributed by atoms with Crippen molar-refractivity contribution in [3.63, 3.8) is 0 Å². The fourth-order valence-corrected chi connectivity index (χ4v) is 5.88. The highest BCUT2D eigenvalue weighted by Crippen LogP contribution is 2.44. The summed E-state index contributed by atoms with van der Waals surface area (Å²) in [5.41, 5.74) is 6.17. The van der Waals surface area contributed by atoms with Gasteiger partial charge >= 0.3 is 0 Å². The number of hydrogen-bond acceptors (Lipinski definition) is 3. The van der Waals surface area contributed by atoms with Gasteiger partial charge in [-0.05, 0) is 74.3 Å². The van der Waals surface area contributed by atoms with Gasteiger partial charge in [-0.3, -0.25) is 9.97 Å². The second-order valence-electron chi connectivity index (χ2n) is 9.10. The molecule has 5 rings (SSSR count). The van der Waals surface area contributed by atoms with Gasteiger partial charge in [0.15, 0.2) is 5.11 Å². The van der Waals surface area contributed by atoms with Crippen molar-refractivity contribution < 1.29 is 0 Å². The first-order chi connectivity index (χ1) is 15.6. The topological polar surface area (TPSA) is 46.0 Å². The zero-order chi connectivity index (χ0) is 22.1. The number of hydrogen-bond donors (Lipinski definition) is 1. The van der Waals surface area contributed by atoms with Gasteiger partial charge in [0.25, 0.3) is 0 Å². The van der Waals surface area contributed by atoms with Crippen molar-refractivity contribution in [2.75, 3.05) is 0 Å². The Kier molecular flexibility index (Phi) is 5.96. The maximum atomic E-state index is 5.94. The van der Waals surface area contributed by atoms with Gasteiger partial charge in [0.1, 0.15) is 0 Å². The lowest BCUT2D eigenvalue weighted by molar-refractivity contribution is 0.196. The molecule has 1 aliphatic heterocycles. The molecular weight excluding hydrogens is 414 g/mol.